The quantitative estimate of drug-likeness (QED) is 0.551. The van der Waals surface area contributed by atoms with Gasteiger partial charge in [0, 0.05) is 5.41 Å². The van der Waals surface area contributed by atoms with E-state index in [2.05, 4.69) is 4.74 Å². The molecular formula is C10H19NO3. The Balaban J connectivity index is 2.55. The van der Waals surface area contributed by atoms with Gasteiger partial charge >= 0.3 is 5.97 Å². The fourth-order valence-electron chi connectivity index (χ4n) is 2.23. The number of ether oxygens (including phenoxy) is 1. The van der Waals surface area contributed by atoms with Crippen LogP contribution in [0, 0.1) is 5.41 Å². The van der Waals surface area contributed by atoms with E-state index in [4.69, 9.17) is 10.7 Å². The Morgan fingerprint density at radius 2 is 2.00 bits per heavy atom. The van der Waals surface area contributed by atoms with Crippen LogP contribution in [0.5, 0.6) is 0 Å². The first-order valence-corrected chi connectivity index (χ1v) is 5.11. The van der Waals surface area contributed by atoms with Crippen molar-refractivity contribution < 1.29 is 14.4 Å². The predicted octanol–water partition coefficient (Wildman–Crippen LogP) is 1.39. The van der Waals surface area contributed by atoms with E-state index < -0.39 is 0 Å². The molecule has 4 nitrogen and oxygen atoms in total. The molecule has 2 N–H and O–H groups in total. The number of esters is 1. The Hall–Kier alpha value is -0.610. The van der Waals surface area contributed by atoms with Crippen LogP contribution in [0.15, 0.2) is 0 Å². The lowest BCUT2D eigenvalue weighted by molar-refractivity contribution is -0.145. The maximum absolute atomic E-state index is 11.2. The van der Waals surface area contributed by atoms with Crippen molar-refractivity contribution in [2.75, 3.05) is 13.7 Å². The van der Waals surface area contributed by atoms with Crippen molar-refractivity contribution in [3.63, 3.8) is 0 Å². The number of carbonyl (C=O) groups excluding carboxylic acids is 1. The van der Waals surface area contributed by atoms with Crippen molar-refractivity contribution in [3.8, 4) is 0 Å². The summed E-state index contributed by atoms with van der Waals surface area (Å²) in [4.78, 5) is 16.0. The minimum Gasteiger partial charge on any atom is -0.469 e. The fraction of sp³-hybridized carbons (Fsp3) is 0.900. The average Bonchev–Trinajstić information content (AvgIpc) is 2.19. The highest BCUT2D eigenvalue weighted by atomic mass is 16.6. The molecule has 0 aromatic heterocycles. The molecule has 0 aromatic carbocycles. The molecule has 1 rings (SSSR count). The summed E-state index contributed by atoms with van der Waals surface area (Å²) in [6, 6.07) is 0. The van der Waals surface area contributed by atoms with Crippen molar-refractivity contribution in [2.24, 2.45) is 11.3 Å². The molecule has 0 aromatic rings. The van der Waals surface area contributed by atoms with Crippen molar-refractivity contribution in [1.82, 2.24) is 0 Å². The minimum absolute atomic E-state index is 0.0694. The molecule has 0 bridgehead atoms. The van der Waals surface area contributed by atoms with Gasteiger partial charge in [0.2, 0.25) is 0 Å². The predicted molar refractivity (Wildman–Crippen MR) is 52.3 cm³/mol. The first-order chi connectivity index (χ1) is 6.72. The number of methoxy groups -OCH3 is 1. The van der Waals surface area contributed by atoms with Crippen molar-refractivity contribution in [3.05, 3.63) is 0 Å². The molecule has 14 heavy (non-hydrogen) atoms. The second-order valence-electron chi connectivity index (χ2n) is 4.12. The lowest BCUT2D eigenvalue weighted by Crippen LogP contribution is -2.33. The average molecular weight is 201 g/mol. The third kappa shape index (κ3) is 2.96. The molecule has 1 fully saturated rings. The number of hydrogen-bond acceptors (Lipinski definition) is 4. The van der Waals surface area contributed by atoms with Crippen LogP contribution in [0.3, 0.4) is 0 Å². The number of carbonyl (C=O) groups is 1. The minimum atomic E-state index is -0.163. The van der Waals surface area contributed by atoms with Gasteiger partial charge < -0.3 is 9.57 Å². The Labute approximate surface area is 84.7 Å². The van der Waals surface area contributed by atoms with Crippen LogP contribution in [0.1, 0.15) is 38.5 Å². The summed E-state index contributed by atoms with van der Waals surface area (Å²) in [7, 11) is 1.42. The molecule has 0 unspecified atom stereocenters. The smallest absolute Gasteiger partial charge is 0.306 e. The molecular weight excluding hydrogens is 182 g/mol. The van der Waals surface area contributed by atoms with Crippen LogP contribution >= 0.6 is 0 Å². The van der Waals surface area contributed by atoms with Crippen molar-refractivity contribution in [2.45, 2.75) is 38.5 Å². The zero-order chi connectivity index (χ0) is 10.4. The first-order valence-electron chi connectivity index (χ1n) is 5.11. The zero-order valence-corrected chi connectivity index (χ0v) is 8.75. The Bertz CT molecular complexity index is 182. The van der Waals surface area contributed by atoms with E-state index in [1.54, 1.807) is 0 Å². The molecule has 0 saturated heterocycles. The molecule has 1 saturated carbocycles. The first kappa shape index (κ1) is 11.5. The normalized spacial score (nSPS) is 20.4. The summed E-state index contributed by atoms with van der Waals surface area (Å²) < 4.78 is 4.69. The topological polar surface area (TPSA) is 61.5 Å². The molecule has 0 heterocycles. The molecule has 0 aliphatic heterocycles. The maximum Gasteiger partial charge on any atom is 0.306 e. The molecule has 1 aliphatic carbocycles. The summed E-state index contributed by atoms with van der Waals surface area (Å²) >= 11 is 0. The summed E-state index contributed by atoms with van der Waals surface area (Å²) in [5.41, 5.74) is -0.0694. The summed E-state index contributed by atoms with van der Waals surface area (Å²) in [6.07, 6.45) is 6.01. The van der Waals surface area contributed by atoms with Crippen LogP contribution in [0.25, 0.3) is 0 Å². The molecule has 0 amide bonds. The second kappa shape index (κ2) is 5.32. The van der Waals surface area contributed by atoms with Gasteiger partial charge in [0.05, 0.1) is 20.1 Å². The van der Waals surface area contributed by atoms with Crippen LogP contribution in [-0.2, 0) is 14.4 Å². The van der Waals surface area contributed by atoms with Gasteiger partial charge in [-0.1, -0.05) is 19.3 Å². The molecule has 1 aliphatic rings. The van der Waals surface area contributed by atoms with Gasteiger partial charge in [-0.05, 0) is 12.8 Å². The zero-order valence-electron chi connectivity index (χ0n) is 8.75. The Kier molecular flexibility index (Phi) is 4.35. The van der Waals surface area contributed by atoms with Gasteiger partial charge in [0.1, 0.15) is 0 Å². The Morgan fingerprint density at radius 3 is 2.50 bits per heavy atom. The van der Waals surface area contributed by atoms with Crippen LogP contribution in [0.2, 0.25) is 0 Å². The third-order valence-corrected chi connectivity index (χ3v) is 3.05. The standard InChI is InChI=1S/C10H19NO3/c1-13-9(12)7-10(8-14-11)5-3-2-4-6-10/h2-8,11H2,1H3. The molecule has 0 atom stereocenters. The SMILES string of the molecule is COC(=O)CC1(CON)CCCCC1. The lowest BCUT2D eigenvalue weighted by Gasteiger charge is -2.35. The van der Waals surface area contributed by atoms with E-state index in [1.807, 2.05) is 0 Å². The van der Waals surface area contributed by atoms with E-state index >= 15 is 0 Å². The van der Waals surface area contributed by atoms with Gasteiger partial charge in [0.15, 0.2) is 0 Å². The van der Waals surface area contributed by atoms with E-state index in [9.17, 15) is 4.79 Å². The van der Waals surface area contributed by atoms with Crippen LogP contribution in [-0.4, -0.2) is 19.7 Å². The van der Waals surface area contributed by atoms with Gasteiger partial charge in [-0.2, -0.15) is 0 Å². The molecule has 0 radical (unpaired) electrons. The van der Waals surface area contributed by atoms with Gasteiger partial charge in [0.25, 0.3) is 0 Å². The van der Waals surface area contributed by atoms with Crippen molar-refractivity contribution >= 4 is 5.97 Å². The van der Waals surface area contributed by atoms with E-state index in [1.165, 1.54) is 13.5 Å². The van der Waals surface area contributed by atoms with E-state index in [0.29, 0.717) is 13.0 Å². The third-order valence-electron chi connectivity index (χ3n) is 3.05. The Morgan fingerprint density at radius 1 is 1.36 bits per heavy atom. The fourth-order valence-corrected chi connectivity index (χ4v) is 2.23. The largest absolute Gasteiger partial charge is 0.469 e. The van der Waals surface area contributed by atoms with E-state index in [-0.39, 0.29) is 11.4 Å². The summed E-state index contributed by atoms with van der Waals surface area (Å²) in [5, 5.41) is 0. The highest BCUT2D eigenvalue weighted by Gasteiger charge is 2.35. The highest BCUT2D eigenvalue weighted by Crippen LogP contribution is 2.39. The van der Waals surface area contributed by atoms with Crippen LogP contribution in [0.4, 0.5) is 0 Å². The van der Waals surface area contributed by atoms with E-state index in [0.717, 1.165) is 25.7 Å². The number of hydrogen-bond donors (Lipinski definition) is 1. The number of nitrogens with two attached hydrogens (primary N) is 1. The van der Waals surface area contributed by atoms with Crippen LogP contribution < -0.4 is 5.90 Å². The highest BCUT2D eigenvalue weighted by molar-refractivity contribution is 5.70. The monoisotopic (exact) mass is 201 g/mol. The van der Waals surface area contributed by atoms with Crippen molar-refractivity contribution in [1.29, 1.82) is 0 Å². The van der Waals surface area contributed by atoms with Gasteiger partial charge in [-0.15, -0.1) is 0 Å². The summed E-state index contributed by atoms with van der Waals surface area (Å²) in [6.45, 7) is 0.460. The molecule has 82 valence electrons. The lowest BCUT2D eigenvalue weighted by atomic mass is 9.72. The maximum atomic E-state index is 11.2. The molecule has 4 heteroatoms. The van der Waals surface area contributed by atoms with Gasteiger partial charge in [-0.3, -0.25) is 4.79 Å². The van der Waals surface area contributed by atoms with Gasteiger partial charge in [-0.25, -0.2) is 5.90 Å². The second-order valence-corrected chi connectivity index (χ2v) is 4.12. The molecule has 0 spiro atoms. The number of rotatable bonds is 4. The summed E-state index contributed by atoms with van der Waals surface area (Å²) in [5.74, 6) is 4.95.